The second-order valence-electron chi connectivity index (χ2n) is 7.98. The number of carbonyl (C=O) groups excluding carboxylic acids is 1. The summed E-state index contributed by atoms with van der Waals surface area (Å²) in [7, 11) is 1.60. The molecule has 7 nitrogen and oxygen atoms in total. The molecule has 0 saturated heterocycles. The molecular weight excluding hydrogens is 454 g/mol. The van der Waals surface area contributed by atoms with Crippen LogP contribution in [0.1, 0.15) is 47.3 Å². The molecule has 0 fully saturated rings. The van der Waals surface area contributed by atoms with Crippen LogP contribution >= 0.6 is 0 Å². The topological polar surface area (TPSA) is 85.8 Å². The average Bonchev–Trinajstić information content (AvgIpc) is 3.35. The molecule has 4 rings (SSSR count). The zero-order chi connectivity index (χ0) is 24.6. The van der Waals surface area contributed by atoms with Gasteiger partial charge in [0.05, 0.1) is 17.5 Å². The Bertz CT molecular complexity index is 1340. The van der Waals surface area contributed by atoms with Gasteiger partial charge in [-0.1, -0.05) is 17.3 Å². The third-order valence-electron chi connectivity index (χ3n) is 5.39. The fourth-order valence-electron chi connectivity index (χ4n) is 3.62. The molecule has 0 aliphatic heterocycles. The maximum atomic E-state index is 13.5. The summed E-state index contributed by atoms with van der Waals surface area (Å²) in [4.78, 5) is 21.6. The Kier molecular flexibility index (Phi) is 6.11. The Morgan fingerprint density at radius 3 is 2.50 bits per heavy atom. The molecule has 2 heterocycles. The highest BCUT2D eigenvalue weighted by atomic mass is 19.4. The molecule has 1 amide bonds. The van der Waals surface area contributed by atoms with Crippen molar-refractivity contribution in [2.45, 2.75) is 38.9 Å². The standard InChI is InChI=1S/C23H21F4N5O2/c1-12(22-29-13(2)31-34-22)28-21(33)15-10-17(14-4-6-16(24)7-5-14)20-18(11-15)32(3)19(30-20)8-9-23(25,26)27/h4-7,10-12H,8-9H2,1-3H3,(H,28,33)/t12-/m1/s1. The zero-order valence-corrected chi connectivity index (χ0v) is 18.6. The lowest BCUT2D eigenvalue weighted by molar-refractivity contribution is -0.134. The number of benzene rings is 2. The molecule has 4 aromatic rings. The number of nitrogens with one attached hydrogen (secondary N) is 1. The van der Waals surface area contributed by atoms with E-state index in [4.69, 9.17) is 4.52 Å². The van der Waals surface area contributed by atoms with Crippen molar-refractivity contribution >= 4 is 16.9 Å². The number of rotatable bonds is 6. The fraction of sp³-hybridized carbons (Fsp3) is 0.304. The molecule has 11 heteroatoms. The van der Waals surface area contributed by atoms with E-state index >= 15 is 0 Å². The van der Waals surface area contributed by atoms with Crippen LogP contribution in [0.2, 0.25) is 0 Å². The first-order chi connectivity index (χ1) is 16.0. The molecule has 2 aromatic carbocycles. The summed E-state index contributed by atoms with van der Waals surface area (Å²) in [6, 6.07) is 8.15. The monoisotopic (exact) mass is 475 g/mol. The van der Waals surface area contributed by atoms with E-state index in [1.54, 1.807) is 33.0 Å². The zero-order valence-electron chi connectivity index (χ0n) is 18.6. The van der Waals surface area contributed by atoms with Crippen LogP contribution in [0.4, 0.5) is 17.6 Å². The van der Waals surface area contributed by atoms with Crippen molar-refractivity contribution in [2.75, 3.05) is 0 Å². The number of hydrogen-bond donors (Lipinski definition) is 1. The Morgan fingerprint density at radius 1 is 1.18 bits per heavy atom. The quantitative estimate of drug-likeness (QED) is 0.394. The first-order valence-corrected chi connectivity index (χ1v) is 10.4. The van der Waals surface area contributed by atoms with Gasteiger partial charge in [0, 0.05) is 24.6 Å². The number of carbonyl (C=O) groups is 1. The number of aromatic nitrogens is 4. The fourth-order valence-corrected chi connectivity index (χ4v) is 3.62. The van der Waals surface area contributed by atoms with E-state index in [0.717, 1.165) is 0 Å². The van der Waals surface area contributed by atoms with Crippen molar-refractivity contribution in [2.24, 2.45) is 7.05 Å². The molecule has 0 spiro atoms. The lowest BCUT2D eigenvalue weighted by Crippen LogP contribution is -2.27. The van der Waals surface area contributed by atoms with Crippen LogP contribution in [-0.2, 0) is 13.5 Å². The van der Waals surface area contributed by atoms with E-state index in [9.17, 15) is 22.4 Å². The van der Waals surface area contributed by atoms with Crippen molar-refractivity contribution in [3.05, 3.63) is 65.3 Å². The number of imidazole rings is 1. The molecule has 0 aliphatic rings. The van der Waals surface area contributed by atoms with Gasteiger partial charge in [0.15, 0.2) is 5.82 Å². The van der Waals surface area contributed by atoms with Crippen molar-refractivity contribution in [1.82, 2.24) is 25.0 Å². The van der Waals surface area contributed by atoms with E-state index in [2.05, 4.69) is 20.4 Å². The number of halogens is 4. The second kappa shape index (κ2) is 8.88. The third kappa shape index (κ3) is 4.92. The minimum atomic E-state index is -4.33. The van der Waals surface area contributed by atoms with Crippen LogP contribution in [0, 0.1) is 12.7 Å². The Labute approximate surface area is 191 Å². The molecule has 0 aliphatic carbocycles. The average molecular weight is 475 g/mol. The van der Waals surface area contributed by atoms with Crippen LogP contribution in [0.5, 0.6) is 0 Å². The van der Waals surface area contributed by atoms with E-state index in [1.165, 1.54) is 28.8 Å². The van der Waals surface area contributed by atoms with Crippen molar-refractivity contribution in [1.29, 1.82) is 0 Å². The molecule has 1 atom stereocenters. The van der Waals surface area contributed by atoms with Gasteiger partial charge >= 0.3 is 6.18 Å². The van der Waals surface area contributed by atoms with Crippen molar-refractivity contribution < 1.29 is 26.9 Å². The number of alkyl halides is 3. The number of nitrogens with zero attached hydrogens (tertiary/aromatic N) is 4. The molecule has 1 N–H and O–H groups in total. The van der Waals surface area contributed by atoms with Gasteiger partial charge in [0.2, 0.25) is 5.89 Å². The lowest BCUT2D eigenvalue weighted by atomic mass is 10.0. The lowest BCUT2D eigenvalue weighted by Gasteiger charge is -2.12. The number of aryl methyl sites for hydroxylation is 3. The second-order valence-corrected chi connectivity index (χ2v) is 7.98. The van der Waals surface area contributed by atoms with E-state index < -0.39 is 30.4 Å². The molecular formula is C23H21F4N5O2. The van der Waals surface area contributed by atoms with Crippen LogP contribution in [0.15, 0.2) is 40.9 Å². The van der Waals surface area contributed by atoms with E-state index in [1.807, 2.05) is 0 Å². The molecule has 0 bridgehead atoms. The smallest absolute Gasteiger partial charge is 0.341 e. The highest BCUT2D eigenvalue weighted by Crippen LogP contribution is 2.32. The summed E-state index contributed by atoms with van der Waals surface area (Å²) in [5.74, 6) is -0.00268. The summed E-state index contributed by atoms with van der Waals surface area (Å²) in [6.45, 7) is 3.34. The Hall–Kier alpha value is -3.76. The van der Waals surface area contributed by atoms with Crippen LogP contribution < -0.4 is 5.32 Å². The molecule has 0 radical (unpaired) electrons. The first-order valence-electron chi connectivity index (χ1n) is 10.4. The van der Waals surface area contributed by atoms with Crippen molar-refractivity contribution in [3.63, 3.8) is 0 Å². The van der Waals surface area contributed by atoms with Gasteiger partial charge in [-0.2, -0.15) is 18.2 Å². The summed E-state index contributed by atoms with van der Waals surface area (Å²) in [5, 5.41) is 6.48. The van der Waals surface area contributed by atoms with Crippen LogP contribution in [0.3, 0.4) is 0 Å². The number of hydrogen-bond acceptors (Lipinski definition) is 5. The van der Waals surface area contributed by atoms with Gasteiger partial charge in [-0.25, -0.2) is 9.37 Å². The third-order valence-corrected chi connectivity index (χ3v) is 5.39. The summed E-state index contributed by atoms with van der Waals surface area (Å²) < 4.78 is 58.5. The van der Waals surface area contributed by atoms with Gasteiger partial charge < -0.3 is 14.4 Å². The Balaban J connectivity index is 1.77. The maximum absolute atomic E-state index is 13.5. The minimum Gasteiger partial charge on any atom is -0.341 e. The summed E-state index contributed by atoms with van der Waals surface area (Å²) in [6.07, 6.45) is -5.66. The molecule has 178 valence electrons. The highest BCUT2D eigenvalue weighted by Gasteiger charge is 2.28. The highest BCUT2D eigenvalue weighted by molar-refractivity contribution is 6.02. The summed E-state index contributed by atoms with van der Waals surface area (Å²) in [5.41, 5.74) is 2.22. The normalized spacial score (nSPS) is 12.8. The van der Waals surface area contributed by atoms with E-state index in [-0.39, 0.29) is 23.7 Å². The largest absolute Gasteiger partial charge is 0.389 e. The first kappa shape index (κ1) is 23.4. The van der Waals surface area contributed by atoms with Gasteiger partial charge in [-0.15, -0.1) is 0 Å². The number of amides is 1. The predicted molar refractivity (Wildman–Crippen MR) is 115 cm³/mol. The molecule has 0 unspecified atom stereocenters. The molecule has 34 heavy (non-hydrogen) atoms. The van der Waals surface area contributed by atoms with E-state index in [0.29, 0.717) is 28.0 Å². The van der Waals surface area contributed by atoms with Crippen LogP contribution in [0.25, 0.3) is 22.2 Å². The SMILES string of the molecule is Cc1noc([C@@H](C)NC(=O)c2cc(-c3ccc(F)cc3)c3nc(CCC(F)(F)F)n(C)c3c2)n1. The van der Waals surface area contributed by atoms with Gasteiger partial charge in [-0.3, -0.25) is 4.79 Å². The molecule has 0 saturated carbocycles. The van der Waals surface area contributed by atoms with Gasteiger partial charge in [0.25, 0.3) is 5.91 Å². The van der Waals surface area contributed by atoms with Crippen molar-refractivity contribution in [3.8, 4) is 11.1 Å². The van der Waals surface area contributed by atoms with Gasteiger partial charge in [0.1, 0.15) is 17.7 Å². The summed E-state index contributed by atoms with van der Waals surface area (Å²) >= 11 is 0. The minimum absolute atomic E-state index is 0.225. The Morgan fingerprint density at radius 2 is 1.88 bits per heavy atom. The molecule has 2 aromatic heterocycles. The van der Waals surface area contributed by atoms with Gasteiger partial charge in [-0.05, 0) is 43.7 Å². The number of fused-ring (bicyclic) bond motifs is 1. The maximum Gasteiger partial charge on any atom is 0.389 e. The predicted octanol–water partition coefficient (Wildman–Crippen LogP) is 5.06. The van der Waals surface area contributed by atoms with Crippen LogP contribution in [-0.4, -0.2) is 31.8 Å².